The van der Waals surface area contributed by atoms with E-state index in [0.29, 0.717) is 17.3 Å². The smallest absolute Gasteiger partial charge is 0.214 e. The normalized spacial score (nSPS) is 28.3. The zero-order chi connectivity index (χ0) is 15.5. The molecular formula is C15H16N2O4S. The number of thioether (sulfide) groups is 1. The van der Waals surface area contributed by atoms with E-state index in [2.05, 4.69) is 9.97 Å². The second kappa shape index (κ2) is 6.62. The van der Waals surface area contributed by atoms with Crippen LogP contribution in [-0.4, -0.2) is 54.8 Å². The minimum Gasteiger partial charge on any atom is -0.460 e. The van der Waals surface area contributed by atoms with E-state index >= 15 is 0 Å². The molecule has 7 heteroatoms. The molecule has 0 aliphatic carbocycles. The fourth-order valence-corrected chi connectivity index (χ4v) is 3.27. The van der Waals surface area contributed by atoms with Crippen molar-refractivity contribution in [3.63, 3.8) is 0 Å². The highest BCUT2D eigenvalue weighted by atomic mass is 32.2. The summed E-state index contributed by atoms with van der Waals surface area (Å²) >= 11 is 1.25. The first-order valence-electron chi connectivity index (χ1n) is 6.85. The minimum absolute atomic E-state index is 0.297. The van der Waals surface area contributed by atoms with Crippen LogP contribution >= 0.6 is 11.8 Å². The van der Waals surface area contributed by atoms with Gasteiger partial charge in [0.15, 0.2) is 5.44 Å². The molecule has 3 rings (SSSR count). The molecule has 1 fully saturated rings. The van der Waals surface area contributed by atoms with Crippen LogP contribution < -0.4 is 4.74 Å². The van der Waals surface area contributed by atoms with Crippen molar-refractivity contribution < 1.29 is 20.1 Å². The van der Waals surface area contributed by atoms with Crippen molar-refractivity contribution in [2.45, 2.75) is 23.7 Å². The number of ether oxygens (including phenoxy) is 1. The second-order valence-corrected chi connectivity index (χ2v) is 6.10. The average molecular weight is 320 g/mol. The molecule has 6 nitrogen and oxygen atoms in total. The fourth-order valence-electron chi connectivity index (χ4n) is 2.16. The molecule has 0 radical (unpaired) electrons. The Hall–Kier alpha value is -1.67. The van der Waals surface area contributed by atoms with Crippen LogP contribution in [0.4, 0.5) is 0 Å². The van der Waals surface area contributed by atoms with Gasteiger partial charge in [0.25, 0.3) is 0 Å². The molecule has 2 aromatic rings. The zero-order valence-electron chi connectivity index (χ0n) is 11.6. The molecule has 0 aromatic carbocycles. The van der Waals surface area contributed by atoms with Crippen molar-refractivity contribution in [2.75, 3.05) is 5.75 Å². The third kappa shape index (κ3) is 3.22. The van der Waals surface area contributed by atoms with Gasteiger partial charge in [0, 0.05) is 29.8 Å². The maximum absolute atomic E-state index is 9.96. The molecule has 1 aliphatic rings. The van der Waals surface area contributed by atoms with Crippen LogP contribution in [0.5, 0.6) is 5.88 Å². The molecule has 2 aromatic heterocycles. The molecule has 0 bridgehead atoms. The summed E-state index contributed by atoms with van der Waals surface area (Å²) in [4.78, 5) is 8.44. The molecule has 0 unspecified atom stereocenters. The van der Waals surface area contributed by atoms with Crippen LogP contribution in [0.1, 0.15) is 0 Å². The van der Waals surface area contributed by atoms with Crippen molar-refractivity contribution >= 4 is 11.8 Å². The summed E-state index contributed by atoms with van der Waals surface area (Å²) in [5.74, 6) is 0.645. The Morgan fingerprint density at radius 3 is 2.73 bits per heavy atom. The van der Waals surface area contributed by atoms with E-state index in [1.54, 1.807) is 24.5 Å². The Morgan fingerprint density at radius 2 is 1.95 bits per heavy atom. The fraction of sp³-hybridized carbons (Fsp3) is 0.333. The van der Waals surface area contributed by atoms with E-state index in [-0.39, 0.29) is 0 Å². The lowest BCUT2D eigenvalue weighted by atomic mass is 10.1. The van der Waals surface area contributed by atoms with E-state index in [1.807, 2.05) is 18.2 Å². The summed E-state index contributed by atoms with van der Waals surface area (Å²) in [5, 5.41) is 29.2. The number of aliphatic hydroxyl groups is 3. The molecule has 0 saturated carbocycles. The average Bonchev–Trinajstić information content (AvgIpc) is 2.57. The summed E-state index contributed by atoms with van der Waals surface area (Å²) in [6.45, 7) is 0. The first kappa shape index (κ1) is 15.2. The lowest BCUT2D eigenvalue weighted by molar-refractivity contribution is -0.0791. The van der Waals surface area contributed by atoms with Gasteiger partial charge in [0.05, 0.1) is 11.8 Å². The van der Waals surface area contributed by atoms with E-state index in [0.717, 1.165) is 5.56 Å². The molecule has 1 saturated heterocycles. The van der Waals surface area contributed by atoms with E-state index in [9.17, 15) is 15.3 Å². The number of hydrogen-bond donors (Lipinski definition) is 3. The van der Waals surface area contributed by atoms with Gasteiger partial charge in [-0.1, -0.05) is 6.07 Å². The van der Waals surface area contributed by atoms with Gasteiger partial charge in [-0.15, -0.1) is 11.8 Å². The Balaban J connectivity index is 1.76. The van der Waals surface area contributed by atoms with Crippen LogP contribution in [-0.2, 0) is 0 Å². The van der Waals surface area contributed by atoms with Gasteiger partial charge in [0.1, 0.15) is 12.2 Å². The molecule has 4 atom stereocenters. The third-order valence-corrected chi connectivity index (χ3v) is 4.61. The van der Waals surface area contributed by atoms with Crippen molar-refractivity contribution in [3.8, 4) is 17.1 Å². The summed E-state index contributed by atoms with van der Waals surface area (Å²) < 4.78 is 5.66. The summed E-state index contributed by atoms with van der Waals surface area (Å²) in [6.07, 6.45) is 0.0574. The molecule has 1 aliphatic heterocycles. The predicted octanol–water partition coefficient (Wildman–Crippen LogP) is 0.678. The van der Waals surface area contributed by atoms with Crippen molar-refractivity contribution in [1.29, 1.82) is 0 Å². The van der Waals surface area contributed by atoms with Crippen LogP contribution in [0.3, 0.4) is 0 Å². The van der Waals surface area contributed by atoms with Gasteiger partial charge < -0.3 is 20.1 Å². The second-order valence-electron chi connectivity index (χ2n) is 4.97. The standard InChI is InChI=1S/C15H16N2O4S/c18-11-8-22-15(14(20)13(11)19)21-12-5-1-4-10(17-12)9-3-2-6-16-7-9/h1-7,11,13-15,18-20H,8H2/t11-,13+,14-,15+/m1/s1. The van der Waals surface area contributed by atoms with E-state index < -0.39 is 23.7 Å². The Labute approximate surface area is 131 Å². The minimum atomic E-state index is -1.22. The molecule has 3 N–H and O–H groups in total. The van der Waals surface area contributed by atoms with E-state index in [4.69, 9.17) is 4.74 Å². The zero-order valence-corrected chi connectivity index (χ0v) is 12.4. The van der Waals surface area contributed by atoms with Gasteiger partial charge >= 0.3 is 0 Å². The van der Waals surface area contributed by atoms with Gasteiger partial charge in [-0.2, -0.15) is 0 Å². The summed E-state index contributed by atoms with van der Waals surface area (Å²) in [6, 6.07) is 9.04. The van der Waals surface area contributed by atoms with Crippen LogP contribution in [0.2, 0.25) is 0 Å². The number of aromatic nitrogens is 2. The van der Waals surface area contributed by atoms with Gasteiger partial charge in [-0.3, -0.25) is 4.98 Å². The molecule has 22 heavy (non-hydrogen) atoms. The van der Waals surface area contributed by atoms with Crippen molar-refractivity contribution in [3.05, 3.63) is 42.7 Å². The number of aliphatic hydroxyl groups excluding tert-OH is 3. The topological polar surface area (TPSA) is 95.7 Å². The number of rotatable bonds is 3. The predicted molar refractivity (Wildman–Crippen MR) is 82.4 cm³/mol. The maximum Gasteiger partial charge on any atom is 0.214 e. The number of nitrogens with zero attached hydrogens (tertiary/aromatic N) is 2. The van der Waals surface area contributed by atoms with Crippen LogP contribution in [0.15, 0.2) is 42.7 Å². The summed E-state index contributed by atoms with van der Waals surface area (Å²) in [5.41, 5.74) is 0.900. The quantitative estimate of drug-likeness (QED) is 0.765. The van der Waals surface area contributed by atoms with Crippen LogP contribution in [0, 0.1) is 0 Å². The Morgan fingerprint density at radius 1 is 1.09 bits per heavy atom. The molecule has 116 valence electrons. The first-order chi connectivity index (χ1) is 10.6. The number of hydrogen-bond acceptors (Lipinski definition) is 7. The largest absolute Gasteiger partial charge is 0.460 e. The first-order valence-corrected chi connectivity index (χ1v) is 7.90. The summed E-state index contributed by atoms with van der Waals surface area (Å²) in [7, 11) is 0. The molecule has 3 heterocycles. The highest BCUT2D eigenvalue weighted by molar-refractivity contribution is 7.99. The lowest BCUT2D eigenvalue weighted by Gasteiger charge is -2.34. The monoisotopic (exact) mass is 320 g/mol. The van der Waals surface area contributed by atoms with Gasteiger partial charge in [0.2, 0.25) is 5.88 Å². The van der Waals surface area contributed by atoms with Gasteiger partial charge in [-0.05, 0) is 18.2 Å². The highest BCUT2D eigenvalue weighted by Gasteiger charge is 2.38. The third-order valence-electron chi connectivity index (χ3n) is 3.37. The Kier molecular flexibility index (Phi) is 4.58. The SMILES string of the molecule is O[C@@H]1[C@@H](O)[C@@H](Oc2cccc(-c3cccnc3)n2)SC[C@H]1O. The molecular weight excluding hydrogens is 304 g/mol. The van der Waals surface area contributed by atoms with E-state index in [1.165, 1.54) is 11.8 Å². The molecule has 0 spiro atoms. The lowest BCUT2D eigenvalue weighted by Crippen LogP contribution is -2.50. The van der Waals surface area contributed by atoms with Crippen molar-refractivity contribution in [1.82, 2.24) is 9.97 Å². The van der Waals surface area contributed by atoms with Gasteiger partial charge in [-0.25, -0.2) is 4.98 Å². The Bertz CT molecular complexity index is 628. The maximum atomic E-state index is 9.96. The highest BCUT2D eigenvalue weighted by Crippen LogP contribution is 2.29. The van der Waals surface area contributed by atoms with Crippen LogP contribution in [0.25, 0.3) is 11.3 Å². The van der Waals surface area contributed by atoms with Crippen molar-refractivity contribution in [2.24, 2.45) is 0 Å². The number of pyridine rings is 2. The molecule has 0 amide bonds.